The molecule has 3 aromatic rings. The quantitative estimate of drug-likeness (QED) is 0.417. The molecule has 2 nitrogen and oxygen atoms in total. The van der Waals surface area contributed by atoms with Crippen molar-refractivity contribution >= 4 is 38.9 Å². The molecule has 4 heteroatoms. The number of benzene rings is 3. The van der Waals surface area contributed by atoms with Crippen LogP contribution in [0.1, 0.15) is 19.3 Å². The average molecular weight is 413 g/mol. The molecule has 0 fully saturated rings. The zero-order valence-corrected chi connectivity index (χ0v) is 17.5. The fraction of sp³-hybridized carbons (Fsp3) is 0.208. The van der Waals surface area contributed by atoms with Crippen molar-refractivity contribution < 1.29 is 9.90 Å². The molecule has 0 aliphatic rings. The number of aliphatic hydroxyl groups excluding tert-OH is 1. The third-order valence-corrected chi connectivity index (χ3v) is 12.4. The van der Waals surface area contributed by atoms with Gasteiger partial charge in [-0.15, -0.1) is 0 Å². The first-order valence-corrected chi connectivity index (χ1v) is 12.9. The fourth-order valence-electron chi connectivity index (χ4n) is 3.78. The van der Waals surface area contributed by atoms with Crippen molar-refractivity contribution in [3.63, 3.8) is 0 Å². The SMILES string of the molecule is O=C(CCCCO)CP(Cl)(c1ccccc1)(c1ccccc1)c1ccccc1. The summed E-state index contributed by atoms with van der Waals surface area (Å²) in [7, 11) is 0. The molecule has 0 radical (unpaired) electrons. The molecule has 0 heterocycles. The van der Waals surface area contributed by atoms with Gasteiger partial charge in [-0.2, -0.15) is 0 Å². The van der Waals surface area contributed by atoms with Gasteiger partial charge in [-0.05, 0) is 0 Å². The molecule has 0 aliphatic carbocycles. The van der Waals surface area contributed by atoms with E-state index >= 15 is 0 Å². The molecule has 0 aliphatic heterocycles. The van der Waals surface area contributed by atoms with Gasteiger partial charge in [-0.1, -0.05) is 0 Å². The van der Waals surface area contributed by atoms with Crippen molar-refractivity contribution in [1.82, 2.24) is 0 Å². The molecule has 0 saturated heterocycles. The topological polar surface area (TPSA) is 37.3 Å². The molecular formula is C24H26ClO2P. The van der Waals surface area contributed by atoms with E-state index in [1.165, 1.54) is 0 Å². The molecule has 0 atom stereocenters. The Kier molecular flexibility index (Phi) is 6.67. The molecule has 3 rings (SSSR count). The molecule has 0 spiro atoms. The average Bonchev–Trinajstić information content (AvgIpc) is 2.76. The van der Waals surface area contributed by atoms with E-state index in [1.54, 1.807) is 0 Å². The number of hydrogen-bond acceptors (Lipinski definition) is 2. The van der Waals surface area contributed by atoms with Crippen molar-refractivity contribution in [2.75, 3.05) is 12.8 Å². The summed E-state index contributed by atoms with van der Waals surface area (Å²) >= 11 is 7.84. The summed E-state index contributed by atoms with van der Waals surface area (Å²) in [6.07, 6.45) is 2.01. The van der Waals surface area contributed by atoms with Crippen LogP contribution in [0.2, 0.25) is 0 Å². The van der Waals surface area contributed by atoms with E-state index in [-0.39, 0.29) is 18.6 Å². The van der Waals surface area contributed by atoms with Gasteiger partial charge in [0, 0.05) is 0 Å². The molecule has 0 bridgehead atoms. The number of ketones is 1. The van der Waals surface area contributed by atoms with Crippen molar-refractivity contribution in [3.05, 3.63) is 91.0 Å². The zero-order valence-electron chi connectivity index (χ0n) is 15.9. The summed E-state index contributed by atoms with van der Waals surface area (Å²) in [6.45, 7) is 0.105. The molecule has 0 aromatic heterocycles. The van der Waals surface area contributed by atoms with Gasteiger partial charge in [0.1, 0.15) is 0 Å². The number of unbranched alkanes of at least 4 members (excludes halogenated alkanes) is 1. The number of hydrogen-bond donors (Lipinski definition) is 1. The predicted molar refractivity (Wildman–Crippen MR) is 122 cm³/mol. The molecule has 3 aromatic carbocycles. The van der Waals surface area contributed by atoms with E-state index in [0.29, 0.717) is 19.3 Å². The van der Waals surface area contributed by atoms with Crippen LogP contribution in [0.5, 0.6) is 0 Å². The first kappa shape index (κ1) is 20.7. The van der Waals surface area contributed by atoms with Crippen molar-refractivity contribution in [3.8, 4) is 0 Å². The van der Waals surface area contributed by atoms with E-state index in [9.17, 15) is 4.79 Å². The standard InChI is InChI=1S/C24H26ClO2P/c25-28(22-13-4-1-5-14-22,23-15-6-2-7-16-23,24-17-8-3-9-18-24)20-21(27)12-10-11-19-26/h1-9,13-18,26H,10-12,19-20H2. The second-order valence-corrected chi connectivity index (χ2v) is 13.5. The van der Waals surface area contributed by atoms with E-state index in [4.69, 9.17) is 16.3 Å². The third kappa shape index (κ3) is 3.91. The summed E-state index contributed by atoms with van der Waals surface area (Å²) in [4.78, 5) is 13.1. The van der Waals surface area contributed by atoms with E-state index in [1.807, 2.05) is 91.0 Å². The van der Waals surface area contributed by atoms with Gasteiger partial charge >= 0.3 is 172 Å². The molecule has 0 amide bonds. The summed E-state index contributed by atoms with van der Waals surface area (Å²) < 4.78 is 0. The van der Waals surface area contributed by atoms with Gasteiger partial charge in [0.2, 0.25) is 0 Å². The van der Waals surface area contributed by atoms with Gasteiger partial charge in [-0.3, -0.25) is 0 Å². The Morgan fingerprint density at radius 2 is 1.11 bits per heavy atom. The predicted octanol–water partition coefficient (Wildman–Crippen LogP) is 4.40. The van der Waals surface area contributed by atoms with Crippen LogP contribution >= 0.6 is 17.2 Å². The number of halogens is 1. The second-order valence-electron chi connectivity index (χ2n) is 7.07. The molecule has 0 saturated carbocycles. The molecular weight excluding hydrogens is 387 g/mol. The first-order chi connectivity index (χ1) is 13.6. The van der Waals surface area contributed by atoms with Crippen LogP contribution in [0.25, 0.3) is 0 Å². The van der Waals surface area contributed by atoms with Crippen molar-refractivity contribution in [2.45, 2.75) is 19.3 Å². The van der Waals surface area contributed by atoms with Crippen LogP contribution in [0.15, 0.2) is 91.0 Å². The number of aliphatic hydroxyl groups is 1. The Bertz CT molecular complexity index is 798. The Balaban J connectivity index is 2.23. The summed E-state index contributed by atoms with van der Waals surface area (Å²) in [5.41, 5.74) is 0. The Labute approximate surface area is 171 Å². The van der Waals surface area contributed by atoms with Gasteiger partial charge in [-0.25, -0.2) is 0 Å². The number of Topliss-reactive ketones (excluding diaryl/α,β-unsaturated/α-hetero) is 1. The van der Waals surface area contributed by atoms with Crippen molar-refractivity contribution in [1.29, 1.82) is 0 Å². The van der Waals surface area contributed by atoms with Crippen LogP contribution in [-0.2, 0) is 4.79 Å². The van der Waals surface area contributed by atoms with Crippen LogP contribution in [0.3, 0.4) is 0 Å². The molecule has 1 N–H and O–H groups in total. The minimum atomic E-state index is -3.50. The van der Waals surface area contributed by atoms with Crippen LogP contribution < -0.4 is 15.9 Å². The summed E-state index contributed by atoms with van der Waals surface area (Å²) in [6, 6.07) is 30.1. The number of carbonyl (C=O) groups excluding carboxylic acids is 1. The van der Waals surface area contributed by atoms with Gasteiger partial charge < -0.3 is 0 Å². The summed E-state index contributed by atoms with van der Waals surface area (Å²) in [5, 5.41) is 12.1. The van der Waals surface area contributed by atoms with E-state index in [0.717, 1.165) is 15.9 Å². The Hall–Kier alpha value is -1.99. The summed E-state index contributed by atoms with van der Waals surface area (Å²) in [5.74, 6) is -3.36. The second kappa shape index (κ2) is 9.01. The normalized spacial score (nSPS) is 12.9. The fourth-order valence-corrected chi connectivity index (χ4v) is 9.84. The van der Waals surface area contributed by atoms with E-state index in [2.05, 4.69) is 0 Å². The Morgan fingerprint density at radius 1 is 0.714 bits per heavy atom. The Morgan fingerprint density at radius 3 is 1.46 bits per heavy atom. The van der Waals surface area contributed by atoms with E-state index < -0.39 is 5.96 Å². The first-order valence-electron chi connectivity index (χ1n) is 9.62. The van der Waals surface area contributed by atoms with Gasteiger partial charge in [0.15, 0.2) is 0 Å². The van der Waals surface area contributed by atoms with Crippen LogP contribution in [0.4, 0.5) is 0 Å². The zero-order chi connectivity index (χ0) is 19.9. The maximum absolute atomic E-state index is 13.1. The van der Waals surface area contributed by atoms with Crippen LogP contribution in [0, 0.1) is 0 Å². The van der Waals surface area contributed by atoms with Gasteiger partial charge in [0.05, 0.1) is 0 Å². The number of rotatable bonds is 9. The third-order valence-electron chi connectivity index (χ3n) is 5.22. The monoisotopic (exact) mass is 412 g/mol. The molecule has 146 valence electrons. The minimum absolute atomic E-state index is 0.105. The van der Waals surface area contributed by atoms with Crippen LogP contribution in [-0.4, -0.2) is 23.7 Å². The molecule has 0 unspecified atom stereocenters. The molecule has 28 heavy (non-hydrogen) atoms. The maximum atomic E-state index is 13.1. The van der Waals surface area contributed by atoms with Crippen molar-refractivity contribution in [2.24, 2.45) is 0 Å². The van der Waals surface area contributed by atoms with Gasteiger partial charge in [0.25, 0.3) is 0 Å². The number of carbonyl (C=O) groups is 1.